The normalized spacial score (nSPS) is 13.4. The zero-order valence-electron chi connectivity index (χ0n) is 9.01. The van der Waals surface area contributed by atoms with Gasteiger partial charge in [0.25, 0.3) is 0 Å². The molecule has 0 amide bonds. The first kappa shape index (κ1) is 10.7. The lowest BCUT2D eigenvalue weighted by Crippen LogP contribution is -2.18. The molecule has 1 rings (SSSR count). The maximum atomic E-state index is 5.51. The number of rotatable bonds is 1. The molecule has 0 spiro atoms. The van der Waals surface area contributed by atoms with Gasteiger partial charge in [-0.2, -0.15) is 12.6 Å². The Labute approximate surface area is 85.9 Å². The van der Waals surface area contributed by atoms with E-state index < -0.39 is 0 Å². The molecule has 0 aliphatic rings. The van der Waals surface area contributed by atoms with Crippen LogP contribution in [-0.4, -0.2) is 0 Å². The molecule has 0 atom stereocenters. The fourth-order valence-corrected chi connectivity index (χ4v) is 1.55. The predicted molar refractivity (Wildman–Crippen MR) is 59.4 cm³/mol. The van der Waals surface area contributed by atoms with Crippen LogP contribution in [0.2, 0.25) is 0 Å². The van der Waals surface area contributed by atoms with E-state index in [4.69, 9.17) is 4.42 Å². The third-order valence-corrected chi connectivity index (χ3v) is 2.25. The molecule has 0 fully saturated rings. The zero-order chi connectivity index (χ0) is 10.3. The summed E-state index contributed by atoms with van der Waals surface area (Å²) in [6.45, 7) is 10.6. The van der Waals surface area contributed by atoms with Gasteiger partial charge in [0.15, 0.2) is 0 Å². The van der Waals surface area contributed by atoms with E-state index in [1.165, 1.54) is 5.56 Å². The van der Waals surface area contributed by atoms with Crippen molar-refractivity contribution in [1.82, 2.24) is 0 Å². The van der Waals surface area contributed by atoms with Gasteiger partial charge in [0, 0.05) is 15.7 Å². The van der Waals surface area contributed by atoms with E-state index in [9.17, 15) is 0 Å². The standard InChI is InChI=1S/C11H18OS/c1-10(2,3)9-8(6-7-12-9)11(4,5)13/h6-7,13H,1-5H3. The third-order valence-electron chi connectivity index (χ3n) is 2.01. The van der Waals surface area contributed by atoms with Crippen molar-refractivity contribution in [3.8, 4) is 0 Å². The minimum atomic E-state index is -0.129. The quantitative estimate of drug-likeness (QED) is 0.678. The van der Waals surface area contributed by atoms with E-state index in [-0.39, 0.29) is 10.2 Å². The van der Waals surface area contributed by atoms with Crippen molar-refractivity contribution in [2.45, 2.75) is 44.8 Å². The SMILES string of the molecule is CC(C)(C)c1occc1C(C)(C)S. The molecule has 2 heteroatoms. The van der Waals surface area contributed by atoms with Gasteiger partial charge >= 0.3 is 0 Å². The Balaban J connectivity index is 3.19. The summed E-state index contributed by atoms with van der Waals surface area (Å²) < 4.78 is 5.38. The fourth-order valence-electron chi connectivity index (χ4n) is 1.37. The van der Waals surface area contributed by atoms with Crippen molar-refractivity contribution < 1.29 is 4.42 Å². The molecule has 0 aliphatic carbocycles. The summed E-state index contributed by atoms with van der Waals surface area (Å²) in [6.07, 6.45) is 1.74. The molecule has 0 unspecified atom stereocenters. The molecule has 74 valence electrons. The van der Waals surface area contributed by atoms with Crippen LogP contribution in [-0.2, 0) is 10.2 Å². The second-order valence-electron chi connectivity index (χ2n) is 4.97. The summed E-state index contributed by atoms with van der Waals surface area (Å²) in [5.41, 5.74) is 1.24. The Morgan fingerprint density at radius 2 is 1.69 bits per heavy atom. The van der Waals surface area contributed by atoms with Crippen LogP contribution >= 0.6 is 12.6 Å². The number of thiol groups is 1. The molecule has 0 saturated heterocycles. The minimum Gasteiger partial charge on any atom is -0.468 e. The van der Waals surface area contributed by atoms with Gasteiger partial charge in [-0.05, 0) is 19.9 Å². The van der Waals surface area contributed by atoms with Crippen LogP contribution in [0.5, 0.6) is 0 Å². The van der Waals surface area contributed by atoms with Gasteiger partial charge in [0.1, 0.15) is 5.76 Å². The minimum absolute atomic E-state index is 0.0544. The van der Waals surface area contributed by atoms with Crippen LogP contribution < -0.4 is 0 Å². The van der Waals surface area contributed by atoms with Crippen molar-refractivity contribution in [3.63, 3.8) is 0 Å². The maximum absolute atomic E-state index is 5.51. The summed E-state index contributed by atoms with van der Waals surface area (Å²) in [7, 11) is 0. The van der Waals surface area contributed by atoms with Gasteiger partial charge in [0.05, 0.1) is 6.26 Å². The molecule has 0 N–H and O–H groups in total. The molecular weight excluding hydrogens is 180 g/mol. The maximum Gasteiger partial charge on any atom is 0.113 e. The summed E-state index contributed by atoms with van der Waals surface area (Å²) in [4.78, 5) is 0. The van der Waals surface area contributed by atoms with Gasteiger partial charge in [0.2, 0.25) is 0 Å². The number of hydrogen-bond donors (Lipinski definition) is 1. The molecule has 0 saturated carbocycles. The lowest BCUT2D eigenvalue weighted by atomic mass is 9.87. The average Bonchev–Trinajstić information content (AvgIpc) is 2.27. The van der Waals surface area contributed by atoms with Gasteiger partial charge in [-0.15, -0.1) is 0 Å². The molecular formula is C11H18OS. The highest BCUT2D eigenvalue weighted by molar-refractivity contribution is 7.81. The highest BCUT2D eigenvalue weighted by atomic mass is 32.1. The molecule has 1 heterocycles. The van der Waals surface area contributed by atoms with Crippen molar-refractivity contribution in [2.75, 3.05) is 0 Å². The van der Waals surface area contributed by atoms with Crippen molar-refractivity contribution in [2.24, 2.45) is 0 Å². The first-order valence-corrected chi connectivity index (χ1v) is 4.98. The van der Waals surface area contributed by atoms with Gasteiger partial charge < -0.3 is 4.42 Å². The van der Waals surface area contributed by atoms with Crippen LogP contribution in [0.1, 0.15) is 45.9 Å². The lowest BCUT2D eigenvalue weighted by molar-refractivity contribution is 0.400. The summed E-state index contributed by atoms with van der Waals surface area (Å²) in [5, 5.41) is 0. The number of hydrogen-bond acceptors (Lipinski definition) is 2. The van der Waals surface area contributed by atoms with Crippen LogP contribution in [0.4, 0.5) is 0 Å². The van der Waals surface area contributed by atoms with Crippen LogP contribution in [0.3, 0.4) is 0 Å². The topological polar surface area (TPSA) is 13.1 Å². The molecule has 0 radical (unpaired) electrons. The summed E-state index contributed by atoms with van der Waals surface area (Å²) >= 11 is 4.55. The number of furan rings is 1. The van der Waals surface area contributed by atoms with Gasteiger partial charge in [-0.1, -0.05) is 20.8 Å². The summed E-state index contributed by atoms with van der Waals surface area (Å²) in [6, 6.07) is 2.01. The van der Waals surface area contributed by atoms with E-state index in [1.54, 1.807) is 6.26 Å². The molecule has 0 aromatic carbocycles. The van der Waals surface area contributed by atoms with Crippen molar-refractivity contribution in [1.29, 1.82) is 0 Å². The Morgan fingerprint density at radius 1 is 1.15 bits per heavy atom. The highest BCUT2D eigenvalue weighted by Crippen LogP contribution is 2.36. The van der Waals surface area contributed by atoms with E-state index in [1.807, 2.05) is 6.07 Å². The van der Waals surface area contributed by atoms with Crippen LogP contribution in [0, 0.1) is 0 Å². The second kappa shape index (κ2) is 3.09. The van der Waals surface area contributed by atoms with Gasteiger partial charge in [-0.25, -0.2) is 0 Å². The lowest BCUT2D eigenvalue weighted by Gasteiger charge is -2.23. The first-order valence-electron chi connectivity index (χ1n) is 4.54. The van der Waals surface area contributed by atoms with Crippen molar-refractivity contribution in [3.05, 3.63) is 23.7 Å². The first-order chi connectivity index (χ1) is 5.73. The Kier molecular flexibility index (Phi) is 2.54. The van der Waals surface area contributed by atoms with Crippen LogP contribution in [0.25, 0.3) is 0 Å². The Bertz CT molecular complexity index is 257. The van der Waals surface area contributed by atoms with E-state index in [0.29, 0.717) is 0 Å². The third kappa shape index (κ3) is 2.31. The molecule has 13 heavy (non-hydrogen) atoms. The van der Waals surface area contributed by atoms with Crippen molar-refractivity contribution >= 4 is 12.6 Å². The Morgan fingerprint density at radius 3 is 2.00 bits per heavy atom. The Hall–Kier alpha value is -0.370. The van der Waals surface area contributed by atoms with Gasteiger partial charge in [-0.3, -0.25) is 0 Å². The highest BCUT2D eigenvalue weighted by Gasteiger charge is 2.28. The average molecular weight is 198 g/mol. The molecule has 1 aromatic heterocycles. The van der Waals surface area contributed by atoms with E-state index in [2.05, 4.69) is 47.2 Å². The zero-order valence-corrected chi connectivity index (χ0v) is 9.90. The van der Waals surface area contributed by atoms with E-state index in [0.717, 1.165) is 5.76 Å². The monoisotopic (exact) mass is 198 g/mol. The molecule has 0 aliphatic heterocycles. The second-order valence-corrected chi connectivity index (χ2v) is 6.09. The van der Waals surface area contributed by atoms with E-state index >= 15 is 0 Å². The fraction of sp³-hybridized carbons (Fsp3) is 0.636. The van der Waals surface area contributed by atoms with Crippen LogP contribution in [0.15, 0.2) is 16.7 Å². The smallest absolute Gasteiger partial charge is 0.113 e. The largest absolute Gasteiger partial charge is 0.468 e. The summed E-state index contributed by atoms with van der Waals surface area (Å²) in [5.74, 6) is 1.03. The predicted octanol–water partition coefficient (Wildman–Crippen LogP) is 3.74. The molecule has 1 nitrogen and oxygen atoms in total. The molecule has 0 bridgehead atoms. The molecule has 1 aromatic rings.